The van der Waals surface area contributed by atoms with Crippen LogP contribution in [0.25, 0.3) is 0 Å². The molecule has 2 heterocycles. The van der Waals surface area contributed by atoms with Gasteiger partial charge in [-0.3, -0.25) is 4.90 Å². The number of piperidine rings is 1. The molecule has 18 heavy (non-hydrogen) atoms. The maximum Gasteiger partial charge on any atom is 0.164 e. The lowest BCUT2D eigenvalue weighted by molar-refractivity contribution is 0.232. The van der Waals surface area contributed by atoms with Gasteiger partial charge in [-0.2, -0.15) is 11.8 Å². The van der Waals surface area contributed by atoms with Crippen LogP contribution in [0.4, 0.5) is 0 Å². The topological polar surface area (TPSA) is 49.4 Å². The second-order valence-corrected chi connectivity index (χ2v) is 8.73. The zero-order valence-electron chi connectivity index (χ0n) is 11.1. The summed E-state index contributed by atoms with van der Waals surface area (Å²) in [5.41, 5.74) is 0. The quantitative estimate of drug-likeness (QED) is 0.830. The van der Waals surface area contributed by atoms with Gasteiger partial charge >= 0.3 is 0 Å². The van der Waals surface area contributed by atoms with E-state index in [4.69, 9.17) is 0 Å². The average molecular weight is 292 g/mol. The van der Waals surface area contributed by atoms with Gasteiger partial charge in [0.2, 0.25) is 0 Å². The Balaban J connectivity index is 1.85. The molecule has 0 aliphatic carbocycles. The van der Waals surface area contributed by atoms with Crippen molar-refractivity contribution >= 4 is 21.6 Å². The molecule has 0 radical (unpaired) electrons. The molecule has 2 fully saturated rings. The maximum absolute atomic E-state index is 11.8. The van der Waals surface area contributed by atoms with Gasteiger partial charge in [-0.1, -0.05) is 0 Å². The summed E-state index contributed by atoms with van der Waals surface area (Å²) < 4.78 is 23.6. The highest BCUT2D eigenvalue weighted by Crippen LogP contribution is 2.23. The Hall–Kier alpha value is 0.220. The molecule has 106 valence electrons. The monoisotopic (exact) mass is 292 g/mol. The van der Waals surface area contributed by atoms with Crippen molar-refractivity contribution in [1.29, 1.82) is 0 Å². The van der Waals surface area contributed by atoms with Gasteiger partial charge in [0.25, 0.3) is 0 Å². The minimum absolute atomic E-state index is 0.252. The number of nitrogens with one attached hydrogen (secondary N) is 1. The van der Waals surface area contributed by atoms with Crippen molar-refractivity contribution in [3.63, 3.8) is 0 Å². The number of rotatable bonds is 4. The van der Waals surface area contributed by atoms with Crippen molar-refractivity contribution in [2.45, 2.75) is 24.6 Å². The molecular formula is C12H24N2O2S2. The summed E-state index contributed by atoms with van der Waals surface area (Å²) >= 11 is 1.76. The van der Waals surface area contributed by atoms with E-state index >= 15 is 0 Å². The lowest BCUT2D eigenvalue weighted by atomic mass is 9.94. The Bertz CT molecular complexity index is 353. The molecule has 4 nitrogen and oxygen atoms in total. The number of hydrogen-bond acceptors (Lipinski definition) is 5. The fourth-order valence-electron chi connectivity index (χ4n) is 2.78. The third-order valence-corrected chi connectivity index (χ3v) is 6.65. The maximum atomic E-state index is 11.8. The minimum Gasteiger partial charge on any atom is -0.317 e. The van der Waals surface area contributed by atoms with Gasteiger partial charge in [0.1, 0.15) is 5.37 Å². The lowest BCUT2D eigenvalue weighted by Gasteiger charge is -2.35. The Morgan fingerprint density at radius 3 is 2.72 bits per heavy atom. The molecule has 2 saturated heterocycles. The molecule has 0 amide bonds. The zero-order chi connectivity index (χ0) is 13.0. The number of hydrogen-bond donors (Lipinski definition) is 1. The molecule has 2 rings (SSSR count). The first-order valence-corrected chi connectivity index (χ1v) is 9.89. The van der Waals surface area contributed by atoms with Crippen LogP contribution in [0, 0.1) is 5.92 Å². The van der Waals surface area contributed by atoms with Gasteiger partial charge in [-0.05, 0) is 44.8 Å². The fourth-order valence-corrected chi connectivity index (χ4v) is 5.76. The third kappa shape index (κ3) is 4.11. The summed E-state index contributed by atoms with van der Waals surface area (Å²) in [6, 6.07) is 0. The first-order chi connectivity index (χ1) is 8.57. The SMILES string of the molecule is CS(=O)(=O)C1CSCCN1CCC1CCNCC1. The van der Waals surface area contributed by atoms with E-state index in [0.717, 1.165) is 50.0 Å². The molecule has 0 spiro atoms. The molecule has 2 aliphatic heterocycles. The van der Waals surface area contributed by atoms with Crippen LogP contribution in [0.2, 0.25) is 0 Å². The average Bonchev–Trinajstić information content (AvgIpc) is 2.37. The van der Waals surface area contributed by atoms with Crippen molar-refractivity contribution in [3.8, 4) is 0 Å². The molecule has 1 N–H and O–H groups in total. The Morgan fingerprint density at radius 1 is 1.33 bits per heavy atom. The Morgan fingerprint density at radius 2 is 2.06 bits per heavy atom. The van der Waals surface area contributed by atoms with Crippen LogP contribution in [0.5, 0.6) is 0 Å². The molecule has 0 aromatic heterocycles. The molecule has 0 aromatic carbocycles. The molecule has 2 aliphatic rings. The number of thioether (sulfide) groups is 1. The van der Waals surface area contributed by atoms with E-state index in [0.29, 0.717) is 0 Å². The first kappa shape index (κ1) is 14.6. The van der Waals surface area contributed by atoms with Gasteiger partial charge in [-0.15, -0.1) is 0 Å². The summed E-state index contributed by atoms with van der Waals surface area (Å²) in [6.07, 6.45) is 5.01. The van der Waals surface area contributed by atoms with Gasteiger partial charge in [-0.25, -0.2) is 8.42 Å². The van der Waals surface area contributed by atoms with Gasteiger partial charge in [0.05, 0.1) is 0 Å². The summed E-state index contributed by atoms with van der Waals surface area (Å²) in [7, 11) is -2.94. The summed E-state index contributed by atoms with van der Waals surface area (Å²) in [5, 5.41) is 3.12. The van der Waals surface area contributed by atoms with Crippen LogP contribution in [0.3, 0.4) is 0 Å². The van der Waals surface area contributed by atoms with Crippen molar-refractivity contribution in [2.75, 3.05) is 43.9 Å². The van der Waals surface area contributed by atoms with Crippen LogP contribution >= 0.6 is 11.8 Å². The van der Waals surface area contributed by atoms with Crippen LogP contribution in [-0.4, -0.2) is 62.6 Å². The molecule has 1 atom stereocenters. The van der Waals surface area contributed by atoms with Crippen LogP contribution in [0.15, 0.2) is 0 Å². The Labute approximate surface area is 115 Å². The second kappa shape index (κ2) is 6.59. The summed E-state index contributed by atoms with van der Waals surface area (Å²) in [4.78, 5) is 2.19. The lowest BCUT2D eigenvalue weighted by Crippen LogP contribution is -2.47. The Kier molecular flexibility index (Phi) is 5.35. The predicted molar refractivity (Wildman–Crippen MR) is 77.7 cm³/mol. The van der Waals surface area contributed by atoms with Crippen molar-refractivity contribution in [2.24, 2.45) is 5.92 Å². The van der Waals surface area contributed by atoms with Gasteiger partial charge in [0, 0.05) is 24.3 Å². The van der Waals surface area contributed by atoms with E-state index in [1.54, 1.807) is 11.8 Å². The highest BCUT2D eigenvalue weighted by atomic mass is 32.2. The third-order valence-electron chi connectivity index (χ3n) is 3.97. The van der Waals surface area contributed by atoms with Gasteiger partial charge in [0.15, 0.2) is 9.84 Å². The van der Waals surface area contributed by atoms with E-state index in [9.17, 15) is 8.42 Å². The molecular weight excluding hydrogens is 268 g/mol. The minimum atomic E-state index is -2.94. The van der Waals surface area contributed by atoms with E-state index < -0.39 is 9.84 Å². The number of sulfone groups is 1. The predicted octanol–water partition coefficient (Wildman–Crippen LogP) is 0.796. The summed E-state index contributed by atoms with van der Waals surface area (Å²) in [5.74, 6) is 2.59. The molecule has 0 aromatic rings. The largest absolute Gasteiger partial charge is 0.317 e. The molecule has 0 bridgehead atoms. The van der Waals surface area contributed by atoms with Crippen molar-refractivity contribution in [1.82, 2.24) is 10.2 Å². The van der Waals surface area contributed by atoms with Crippen molar-refractivity contribution < 1.29 is 8.42 Å². The van der Waals surface area contributed by atoms with E-state index in [2.05, 4.69) is 10.2 Å². The standard InChI is InChI=1S/C12H24N2O2S2/c1-18(15,16)12-10-17-9-8-14(12)7-4-11-2-5-13-6-3-11/h11-13H,2-10H2,1H3. The normalized spacial score (nSPS) is 28.4. The zero-order valence-corrected chi connectivity index (χ0v) is 12.7. The van der Waals surface area contributed by atoms with Crippen LogP contribution in [-0.2, 0) is 9.84 Å². The highest BCUT2D eigenvalue weighted by Gasteiger charge is 2.31. The van der Waals surface area contributed by atoms with Crippen LogP contribution < -0.4 is 5.32 Å². The molecule has 6 heteroatoms. The molecule has 1 unspecified atom stereocenters. The smallest absolute Gasteiger partial charge is 0.164 e. The highest BCUT2D eigenvalue weighted by molar-refractivity contribution is 8.00. The van der Waals surface area contributed by atoms with E-state index in [-0.39, 0.29) is 5.37 Å². The van der Waals surface area contributed by atoms with E-state index in [1.165, 1.54) is 19.1 Å². The second-order valence-electron chi connectivity index (χ2n) is 5.38. The fraction of sp³-hybridized carbons (Fsp3) is 1.00. The van der Waals surface area contributed by atoms with Crippen LogP contribution in [0.1, 0.15) is 19.3 Å². The van der Waals surface area contributed by atoms with E-state index in [1.807, 2.05) is 0 Å². The van der Waals surface area contributed by atoms with Crippen molar-refractivity contribution in [3.05, 3.63) is 0 Å². The number of nitrogens with zero attached hydrogens (tertiary/aromatic N) is 1. The first-order valence-electron chi connectivity index (χ1n) is 6.79. The molecule has 0 saturated carbocycles. The summed E-state index contributed by atoms with van der Waals surface area (Å²) in [6.45, 7) is 4.11. The van der Waals surface area contributed by atoms with Gasteiger partial charge < -0.3 is 5.32 Å².